The number of ether oxygens (including phenoxy) is 1. The summed E-state index contributed by atoms with van der Waals surface area (Å²) in [6, 6.07) is 7.18. The van der Waals surface area contributed by atoms with Gasteiger partial charge in [0.15, 0.2) is 15.6 Å². The Bertz CT molecular complexity index is 1450. The lowest BCUT2D eigenvalue weighted by Gasteiger charge is -2.46. The number of carbonyl (C=O) groups excluding carboxylic acids is 2. The molecule has 9 nitrogen and oxygen atoms in total. The monoisotopic (exact) mass is 592 g/mol. The number of nitrogens with one attached hydrogen (secondary N) is 1. The van der Waals surface area contributed by atoms with Crippen molar-refractivity contribution in [2.45, 2.75) is 62.8 Å². The number of amidine groups is 1. The standard InChI is InChI=1S/C28H34ClFN4O5S/c1-26(2,3)39-25(36)32-24-28(10-12-34(5)13-11-28)40(37,38)17-27(4,33-24)20-14-18(6-8-21(20)30)15-23(35)22-9-7-19(29)16-31-22/h6-9,14,16H,10-13,15,17H2,1-5H3,(H,32,33,36)/t27-/m0/s1. The summed E-state index contributed by atoms with van der Waals surface area (Å²) < 4.78 is 47.4. The first kappa shape index (κ1) is 30.1. The number of halogens is 2. The van der Waals surface area contributed by atoms with Gasteiger partial charge in [0.1, 0.15) is 33.2 Å². The Morgan fingerprint density at radius 1 is 1.18 bits per heavy atom. The molecule has 40 heavy (non-hydrogen) atoms. The summed E-state index contributed by atoms with van der Waals surface area (Å²) in [6.45, 7) is 7.58. The first-order chi connectivity index (χ1) is 18.5. The first-order valence-corrected chi connectivity index (χ1v) is 15.0. The summed E-state index contributed by atoms with van der Waals surface area (Å²) in [5, 5.41) is 3.01. The molecule has 1 spiro atoms. The van der Waals surface area contributed by atoms with Crippen molar-refractivity contribution in [2.24, 2.45) is 4.99 Å². The second kappa shape index (κ2) is 10.8. The van der Waals surface area contributed by atoms with E-state index in [0.717, 1.165) is 0 Å². The van der Waals surface area contributed by atoms with Crippen LogP contribution in [0.4, 0.5) is 9.18 Å². The van der Waals surface area contributed by atoms with Crippen molar-refractivity contribution in [3.8, 4) is 0 Å². The molecule has 12 heteroatoms. The predicted octanol–water partition coefficient (Wildman–Crippen LogP) is 4.33. The molecule has 2 aliphatic rings. The number of hydrogen-bond donors (Lipinski definition) is 1. The largest absolute Gasteiger partial charge is 0.444 e. The van der Waals surface area contributed by atoms with Crippen molar-refractivity contribution in [3.63, 3.8) is 0 Å². The number of rotatable bonds is 4. The fourth-order valence-electron chi connectivity index (χ4n) is 5.16. The number of ketones is 1. The zero-order valence-electron chi connectivity index (χ0n) is 23.3. The highest BCUT2D eigenvalue weighted by molar-refractivity contribution is 7.93. The Balaban J connectivity index is 1.76. The van der Waals surface area contributed by atoms with Crippen LogP contribution in [-0.2, 0) is 26.5 Å². The minimum absolute atomic E-state index is 0.0108. The van der Waals surface area contributed by atoms with E-state index >= 15 is 4.39 Å². The van der Waals surface area contributed by atoms with Gasteiger partial charge < -0.3 is 9.64 Å². The van der Waals surface area contributed by atoms with Crippen molar-refractivity contribution in [1.82, 2.24) is 15.2 Å². The Labute approximate surface area is 239 Å². The van der Waals surface area contributed by atoms with Crippen molar-refractivity contribution in [2.75, 3.05) is 25.9 Å². The molecule has 0 radical (unpaired) electrons. The van der Waals surface area contributed by atoms with Gasteiger partial charge in [-0.05, 0) is 90.5 Å². The van der Waals surface area contributed by atoms with Gasteiger partial charge in [0.05, 0.1) is 10.8 Å². The van der Waals surface area contributed by atoms with E-state index in [9.17, 15) is 18.0 Å². The average Bonchev–Trinajstić information content (AvgIpc) is 2.83. The van der Waals surface area contributed by atoms with E-state index in [4.69, 9.17) is 21.3 Å². The number of likely N-dealkylation sites (tertiary alicyclic amines) is 1. The van der Waals surface area contributed by atoms with E-state index < -0.39 is 43.4 Å². The van der Waals surface area contributed by atoms with Crippen LogP contribution < -0.4 is 5.32 Å². The summed E-state index contributed by atoms with van der Waals surface area (Å²) in [6.07, 6.45) is 0.891. The lowest BCUT2D eigenvalue weighted by molar-refractivity contribution is 0.0559. The van der Waals surface area contributed by atoms with Crippen LogP contribution in [0.5, 0.6) is 0 Å². The number of hydrogen-bond acceptors (Lipinski definition) is 8. The number of Topliss-reactive ketones (excluding diaryl/α,β-unsaturated/α-hetero) is 1. The maximum absolute atomic E-state index is 15.4. The molecule has 0 aliphatic carbocycles. The molecule has 1 N–H and O–H groups in total. The predicted molar refractivity (Wildman–Crippen MR) is 151 cm³/mol. The average molecular weight is 593 g/mol. The molecule has 4 rings (SSSR count). The van der Waals surface area contributed by atoms with E-state index in [-0.39, 0.29) is 42.1 Å². The second-order valence-electron chi connectivity index (χ2n) is 11.7. The third-order valence-corrected chi connectivity index (χ3v) is 10.2. The number of sulfone groups is 1. The number of aromatic nitrogens is 1. The van der Waals surface area contributed by atoms with E-state index in [2.05, 4.69) is 10.3 Å². The van der Waals surface area contributed by atoms with Gasteiger partial charge >= 0.3 is 6.09 Å². The van der Waals surface area contributed by atoms with Crippen molar-refractivity contribution < 1.29 is 27.1 Å². The number of amides is 1. The Kier molecular flexibility index (Phi) is 8.14. The number of alkyl carbamates (subject to hydrolysis) is 1. The SMILES string of the molecule is CN1CCC2(CC1)C(NC(=O)OC(C)(C)C)=N[C@](C)(c1cc(CC(=O)c3ccc(Cl)cn3)ccc1F)CS2(=O)=O. The van der Waals surface area contributed by atoms with E-state index in [1.165, 1.54) is 37.4 Å². The van der Waals surface area contributed by atoms with Gasteiger partial charge in [0, 0.05) is 18.2 Å². The number of aliphatic imine (C=N–C) groups is 1. The Morgan fingerprint density at radius 2 is 1.85 bits per heavy atom. The summed E-state index contributed by atoms with van der Waals surface area (Å²) >= 11 is 5.86. The summed E-state index contributed by atoms with van der Waals surface area (Å²) in [5.74, 6) is -1.49. The summed E-state index contributed by atoms with van der Waals surface area (Å²) in [4.78, 5) is 36.4. The highest BCUT2D eigenvalue weighted by Crippen LogP contribution is 2.43. The smallest absolute Gasteiger partial charge is 0.413 e. The minimum atomic E-state index is -3.95. The number of carbonyl (C=O) groups is 2. The second-order valence-corrected chi connectivity index (χ2v) is 14.4. The summed E-state index contributed by atoms with van der Waals surface area (Å²) in [5.41, 5.74) is -1.72. The zero-order valence-corrected chi connectivity index (χ0v) is 24.8. The van der Waals surface area contributed by atoms with Crippen LogP contribution in [0, 0.1) is 5.82 Å². The third-order valence-electron chi connectivity index (χ3n) is 7.26. The van der Waals surface area contributed by atoms with Gasteiger partial charge in [-0.3, -0.25) is 20.1 Å². The van der Waals surface area contributed by atoms with Gasteiger partial charge in [-0.2, -0.15) is 0 Å². The van der Waals surface area contributed by atoms with Crippen LogP contribution in [0.1, 0.15) is 62.2 Å². The topological polar surface area (TPSA) is 118 Å². The van der Waals surface area contributed by atoms with Crippen LogP contribution in [0.2, 0.25) is 5.02 Å². The molecule has 0 unspecified atom stereocenters. The molecule has 3 heterocycles. The maximum atomic E-state index is 15.4. The maximum Gasteiger partial charge on any atom is 0.413 e. The molecule has 0 saturated carbocycles. The van der Waals surface area contributed by atoms with E-state index in [0.29, 0.717) is 23.7 Å². The van der Waals surface area contributed by atoms with Gasteiger partial charge in [0.25, 0.3) is 0 Å². The highest BCUT2D eigenvalue weighted by atomic mass is 35.5. The lowest BCUT2D eigenvalue weighted by atomic mass is 9.88. The number of benzene rings is 1. The molecular weight excluding hydrogens is 559 g/mol. The number of nitrogens with zero attached hydrogens (tertiary/aromatic N) is 3. The van der Waals surface area contributed by atoms with E-state index in [1.807, 2.05) is 11.9 Å². The van der Waals surface area contributed by atoms with Crippen molar-refractivity contribution in [1.29, 1.82) is 0 Å². The van der Waals surface area contributed by atoms with Crippen LogP contribution in [0.25, 0.3) is 0 Å². The number of pyridine rings is 1. The van der Waals surface area contributed by atoms with Crippen LogP contribution in [-0.4, -0.2) is 72.3 Å². The molecule has 0 bridgehead atoms. The molecule has 1 atom stereocenters. The molecule has 2 aromatic rings. The van der Waals surface area contributed by atoms with Crippen molar-refractivity contribution >= 4 is 39.2 Å². The van der Waals surface area contributed by atoms with E-state index in [1.54, 1.807) is 26.8 Å². The fourth-order valence-corrected chi connectivity index (χ4v) is 7.70. The molecule has 1 saturated heterocycles. The molecular formula is C28H34ClFN4O5S. The first-order valence-electron chi connectivity index (χ1n) is 13.0. The van der Waals surface area contributed by atoms with Crippen LogP contribution in [0.15, 0.2) is 41.5 Å². The molecule has 1 aromatic carbocycles. The fraction of sp³-hybridized carbons (Fsp3) is 0.500. The number of piperidine rings is 1. The molecule has 1 aromatic heterocycles. The quantitative estimate of drug-likeness (QED) is 0.525. The zero-order chi connectivity index (χ0) is 29.5. The van der Waals surface area contributed by atoms with Gasteiger partial charge in [-0.25, -0.2) is 17.6 Å². The normalized spacial score (nSPS) is 22.4. The van der Waals surface area contributed by atoms with Gasteiger partial charge in [-0.15, -0.1) is 0 Å². The Morgan fingerprint density at radius 3 is 2.45 bits per heavy atom. The van der Waals surface area contributed by atoms with Gasteiger partial charge in [-0.1, -0.05) is 17.7 Å². The molecule has 2 aliphatic heterocycles. The lowest BCUT2D eigenvalue weighted by Crippen LogP contribution is -2.64. The van der Waals surface area contributed by atoms with Crippen molar-refractivity contribution in [3.05, 3.63) is 64.2 Å². The molecule has 216 valence electrons. The third kappa shape index (κ3) is 6.21. The Hall–Kier alpha value is -2.89. The summed E-state index contributed by atoms with van der Waals surface area (Å²) in [7, 11) is -2.05. The molecule has 1 fully saturated rings. The highest BCUT2D eigenvalue weighted by Gasteiger charge is 2.57. The van der Waals surface area contributed by atoms with Gasteiger partial charge in [0.2, 0.25) is 0 Å². The minimum Gasteiger partial charge on any atom is -0.444 e. The molecule has 1 amide bonds. The van der Waals surface area contributed by atoms with Crippen LogP contribution in [0.3, 0.4) is 0 Å². The van der Waals surface area contributed by atoms with Crippen LogP contribution >= 0.6 is 11.6 Å².